The molecular weight excluding hydrogens is 324 g/mol. The van der Waals surface area contributed by atoms with E-state index in [-0.39, 0.29) is 6.10 Å². The highest BCUT2D eigenvalue weighted by atomic mass is 16.5. The Labute approximate surface area is 156 Å². The number of nitrogens with zero attached hydrogens (tertiary/aromatic N) is 2. The summed E-state index contributed by atoms with van der Waals surface area (Å²) in [5.41, 5.74) is 4.46. The van der Waals surface area contributed by atoms with E-state index in [2.05, 4.69) is 60.7 Å². The smallest absolute Gasteiger partial charge is 0.191 e. The molecule has 5 nitrogen and oxygen atoms in total. The summed E-state index contributed by atoms with van der Waals surface area (Å²) >= 11 is 0. The van der Waals surface area contributed by atoms with Crippen LogP contribution in [-0.2, 0) is 13.1 Å². The maximum absolute atomic E-state index is 5.94. The standard InChI is InChI=1S/C21H30N4O/c1-6-22-21(25-14-19-17(5)8-7-11-23-19)24-13-18-10-9-16(4)12-20(18)26-15(2)3/h7-12,15H,6,13-14H2,1-5H3,(H2,22,24,25). The average Bonchev–Trinajstić information content (AvgIpc) is 2.59. The van der Waals surface area contributed by atoms with Crippen molar-refractivity contribution in [2.75, 3.05) is 6.54 Å². The van der Waals surface area contributed by atoms with Gasteiger partial charge in [-0.25, -0.2) is 4.99 Å². The maximum atomic E-state index is 5.94. The summed E-state index contributed by atoms with van der Waals surface area (Å²) in [6.45, 7) is 12.3. The number of aromatic nitrogens is 1. The van der Waals surface area contributed by atoms with E-state index >= 15 is 0 Å². The van der Waals surface area contributed by atoms with Crippen LogP contribution in [0.4, 0.5) is 0 Å². The molecule has 0 fully saturated rings. The van der Waals surface area contributed by atoms with E-state index in [0.29, 0.717) is 13.1 Å². The molecule has 1 aromatic heterocycles. The van der Waals surface area contributed by atoms with Crippen molar-refractivity contribution in [2.24, 2.45) is 4.99 Å². The Morgan fingerprint density at radius 3 is 2.69 bits per heavy atom. The monoisotopic (exact) mass is 354 g/mol. The van der Waals surface area contributed by atoms with Gasteiger partial charge in [0.05, 0.1) is 24.9 Å². The minimum Gasteiger partial charge on any atom is -0.491 e. The fourth-order valence-corrected chi connectivity index (χ4v) is 2.53. The van der Waals surface area contributed by atoms with Crippen LogP contribution >= 0.6 is 0 Å². The lowest BCUT2D eigenvalue weighted by molar-refractivity contribution is 0.240. The highest BCUT2D eigenvalue weighted by Gasteiger charge is 2.07. The first kappa shape index (κ1) is 19.8. The van der Waals surface area contributed by atoms with Crippen molar-refractivity contribution >= 4 is 5.96 Å². The Bertz CT molecular complexity index is 741. The molecule has 0 saturated carbocycles. The molecular formula is C21H30N4O. The average molecular weight is 354 g/mol. The van der Waals surface area contributed by atoms with Gasteiger partial charge in [-0.1, -0.05) is 18.2 Å². The van der Waals surface area contributed by atoms with Crippen molar-refractivity contribution in [1.82, 2.24) is 15.6 Å². The number of aryl methyl sites for hydroxylation is 2. The Morgan fingerprint density at radius 1 is 1.19 bits per heavy atom. The van der Waals surface area contributed by atoms with Crippen LogP contribution in [0.25, 0.3) is 0 Å². The minimum atomic E-state index is 0.137. The van der Waals surface area contributed by atoms with Gasteiger partial charge in [0.1, 0.15) is 5.75 Å². The third kappa shape index (κ3) is 6.06. The second-order valence-electron chi connectivity index (χ2n) is 6.59. The summed E-state index contributed by atoms with van der Waals surface area (Å²) in [5.74, 6) is 1.67. The first-order chi connectivity index (χ1) is 12.5. The summed E-state index contributed by atoms with van der Waals surface area (Å²) < 4.78 is 5.94. The number of nitrogens with one attached hydrogen (secondary N) is 2. The summed E-state index contributed by atoms with van der Waals surface area (Å²) in [6, 6.07) is 10.3. The number of benzene rings is 1. The number of pyridine rings is 1. The molecule has 0 aliphatic heterocycles. The van der Waals surface area contributed by atoms with Gasteiger partial charge in [0.25, 0.3) is 0 Å². The fraction of sp³-hybridized carbons (Fsp3) is 0.429. The SMILES string of the molecule is CCNC(=NCc1ccc(C)cc1OC(C)C)NCc1ncccc1C. The molecule has 0 bridgehead atoms. The van der Waals surface area contributed by atoms with Crippen LogP contribution in [0.15, 0.2) is 41.5 Å². The van der Waals surface area contributed by atoms with Crippen LogP contribution < -0.4 is 15.4 Å². The Hall–Kier alpha value is -2.56. The van der Waals surface area contributed by atoms with E-state index in [0.717, 1.165) is 29.5 Å². The molecule has 0 amide bonds. The molecule has 2 rings (SSSR count). The largest absolute Gasteiger partial charge is 0.491 e. The molecule has 140 valence electrons. The topological polar surface area (TPSA) is 58.5 Å². The molecule has 0 atom stereocenters. The molecule has 1 heterocycles. The molecule has 2 aromatic rings. The normalized spacial score (nSPS) is 11.5. The number of guanidine groups is 1. The van der Waals surface area contributed by atoms with Crippen molar-refractivity contribution in [2.45, 2.75) is 53.8 Å². The quantitative estimate of drug-likeness (QED) is 0.587. The molecule has 1 aromatic carbocycles. The van der Waals surface area contributed by atoms with E-state index in [1.165, 1.54) is 11.1 Å². The molecule has 0 unspecified atom stereocenters. The van der Waals surface area contributed by atoms with Crippen LogP contribution in [0.5, 0.6) is 5.75 Å². The summed E-state index contributed by atoms with van der Waals surface area (Å²) in [5, 5.41) is 6.64. The molecule has 26 heavy (non-hydrogen) atoms. The molecule has 0 spiro atoms. The minimum absolute atomic E-state index is 0.137. The van der Waals surface area contributed by atoms with Gasteiger partial charge in [-0.3, -0.25) is 4.98 Å². The van der Waals surface area contributed by atoms with Crippen molar-refractivity contribution in [3.05, 3.63) is 58.9 Å². The Morgan fingerprint density at radius 2 is 2.00 bits per heavy atom. The van der Waals surface area contributed by atoms with E-state index in [4.69, 9.17) is 9.73 Å². The number of rotatable bonds is 7. The zero-order valence-corrected chi connectivity index (χ0v) is 16.5. The molecule has 0 radical (unpaired) electrons. The third-order valence-corrected chi connectivity index (χ3v) is 3.88. The second kappa shape index (κ2) is 9.80. The van der Waals surface area contributed by atoms with Gasteiger partial charge in [-0.2, -0.15) is 0 Å². The van der Waals surface area contributed by atoms with Crippen LogP contribution in [0, 0.1) is 13.8 Å². The third-order valence-electron chi connectivity index (χ3n) is 3.88. The van der Waals surface area contributed by atoms with Crippen molar-refractivity contribution in [3.8, 4) is 5.75 Å². The molecule has 2 N–H and O–H groups in total. The van der Waals surface area contributed by atoms with Crippen molar-refractivity contribution in [3.63, 3.8) is 0 Å². The van der Waals surface area contributed by atoms with Crippen LogP contribution in [0.1, 0.15) is 43.2 Å². The van der Waals surface area contributed by atoms with Gasteiger partial charge in [0.15, 0.2) is 5.96 Å². The van der Waals surface area contributed by atoms with Gasteiger partial charge in [0, 0.05) is 18.3 Å². The summed E-state index contributed by atoms with van der Waals surface area (Å²) in [6.07, 6.45) is 1.95. The summed E-state index contributed by atoms with van der Waals surface area (Å²) in [7, 11) is 0. The van der Waals surface area contributed by atoms with E-state index < -0.39 is 0 Å². The van der Waals surface area contributed by atoms with Crippen LogP contribution in [0.2, 0.25) is 0 Å². The van der Waals surface area contributed by atoms with Crippen LogP contribution in [0.3, 0.4) is 0 Å². The fourth-order valence-electron chi connectivity index (χ4n) is 2.53. The number of ether oxygens (including phenoxy) is 1. The number of hydrogen-bond acceptors (Lipinski definition) is 3. The predicted molar refractivity (Wildman–Crippen MR) is 108 cm³/mol. The Balaban J connectivity index is 2.10. The van der Waals surface area contributed by atoms with E-state index in [1.54, 1.807) is 0 Å². The molecule has 0 aliphatic carbocycles. The first-order valence-corrected chi connectivity index (χ1v) is 9.18. The zero-order chi connectivity index (χ0) is 18.9. The lowest BCUT2D eigenvalue weighted by atomic mass is 10.1. The number of hydrogen-bond donors (Lipinski definition) is 2. The second-order valence-corrected chi connectivity index (χ2v) is 6.59. The Kier molecular flexibility index (Phi) is 7.45. The maximum Gasteiger partial charge on any atom is 0.191 e. The summed E-state index contributed by atoms with van der Waals surface area (Å²) in [4.78, 5) is 9.13. The molecule has 0 saturated heterocycles. The van der Waals surface area contributed by atoms with Crippen molar-refractivity contribution in [1.29, 1.82) is 0 Å². The van der Waals surface area contributed by atoms with Gasteiger partial charge in [-0.15, -0.1) is 0 Å². The van der Waals surface area contributed by atoms with Gasteiger partial charge in [-0.05, 0) is 57.9 Å². The van der Waals surface area contributed by atoms with E-state index in [9.17, 15) is 0 Å². The predicted octanol–water partition coefficient (Wildman–Crippen LogP) is 3.74. The molecule has 0 aliphatic rings. The highest BCUT2D eigenvalue weighted by Crippen LogP contribution is 2.22. The highest BCUT2D eigenvalue weighted by molar-refractivity contribution is 5.79. The van der Waals surface area contributed by atoms with Gasteiger partial charge < -0.3 is 15.4 Å². The van der Waals surface area contributed by atoms with E-state index in [1.807, 2.05) is 26.1 Å². The lowest BCUT2D eigenvalue weighted by Crippen LogP contribution is -2.37. The molecule has 5 heteroatoms. The first-order valence-electron chi connectivity index (χ1n) is 9.18. The number of aliphatic imine (C=N–C) groups is 1. The van der Waals surface area contributed by atoms with Gasteiger partial charge >= 0.3 is 0 Å². The van der Waals surface area contributed by atoms with Crippen molar-refractivity contribution < 1.29 is 4.74 Å². The van der Waals surface area contributed by atoms with Gasteiger partial charge in [0.2, 0.25) is 0 Å². The van der Waals surface area contributed by atoms with Crippen LogP contribution in [-0.4, -0.2) is 23.6 Å². The lowest BCUT2D eigenvalue weighted by Gasteiger charge is -2.15. The zero-order valence-electron chi connectivity index (χ0n) is 16.5.